The predicted octanol–water partition coefficient (Wildman–Crippen LogP) is 2.96. The third-order valence-electron chi connectivity index (χ3n) is 6.24. The summed E-state index contributed by atoms with van der Waals surface area (Å²) in [6.45, 7) is 3.02. The summed E-state index contributed by atoms with van der Waals surface area (Å²) in [4.78, 5) is 19.7. The number of allylic oxidation sites excluding steroid dienone is 4. The molecule has 0 bridgehead atoms. The van der Waals surface area contributed by atoms with Gasteiger partial charge in [0.1, 0.15) is 0 Å². The number of halogens is 2. The number of hydrogen-bond donors (Lipinski definition) is 1. The largest absolute Gasteiger partial charge is 0.331 e. The highest BCUT2D eigenvalue weighted by molar-refractivity contribution is 7.90. The van der Waals surface area contributed by atoms with Gasteiger partial charge >= 0.3 is 0 Å². The number of rotatable bonds is 7. The molecule has 3 aliphatic rings. The van der Waals surface area contributed by atoms with Gasteiger partial charge in [0, 0.05) is 48.4 Å². The van der Waals surface area contributed by atoms with E-state index in [0.717, 1.165) is 16.8 Å². The number of hydrogen-bond acceptors (Lipinski definition) is 5. The highest BCUT2D eigenvalue weighted by Gasteiger charge is 2.40. The quantitative estimate of drug-likeness (QED) is 0.641. The molecular formula is C21H26Cl2N4O3S. The maximum absolute atomic E-state index is 13.4. The van der Waals surface area contributed by atoms with Crippen molar-refractivity contribution in [2.75, 3.05) is 20.1 Å². The number of amides is 1. The van der Waals surface area contributed by atoms with Crippen molar-refractivity contribution in [1.82, 2.24) is 14.2 Å². The lowest BCUT2D eigenvalue weighted by atomic mass is 9.84. The van der Waals surface area contributed by atoms with Gasteiger partial charge in [0.25, 0.3) is 5.91 Å². The van der Waals surface area contributed by atoms with E-state index in [1.807, 2.05) is 13.0 Å². The normalized spacial score (nSPS) is 21.4. The van der Waals surface area contributed by atoms with Gasteiger partial charge in [-0.3, -0.25) is 9.78 Å². The third-order valence-corrected chi connectivity index (χ3v) is 9.24. The number of aromatic nitrogens is 1. The summed E-state index contributed by atoms with van der Waals surface area (Å²) in [5.41, 5.74) is 9.70. The average Bonchev–Trinajstić information content (AvgIpc) is 3.52. The summed E-state index contributed by atoms with van der Waals surface area (Å²) in [5.74, 6) is -0.366. The Morgan fingerprint density at radius 1 is 1.32 bits per heavy atom. The van der Waals surface area contributed by atoms with Gasteiger partial charge in [-0.25, -0.2) is 12.7 Å². The number of sulfonamides is 1. The molecule has 0 radical (unpaired) electrons. The van der Waals surface area contributed by atoms with Crippen molar-refractivity contribution in [2.24, 2.45) is 5.73 Å². The first kappa shape index (κ1) is 22.7. The minimum absolute atomic E-state index is 0.158. The molecular weight excluding hydrogens is 459 g/mol. The highest BCUT2D eigenvalue weighted by Crippen LogP contribution is 2.42. The van der Waals surface area contributed by atoms with Gasteiger partial charge in [0.05, 0.1) is 23.1 Å². The smallest absolute Gasteiger partial charge is 0.256 e. The zero-order chi connectivity index (χ0) is 22.5. The lowest BCUT2D eigenvalue weighted by Crippen LogP contribution is -2.38. The molecule has 7 nitrogen and oxygen atoms in total. The van der Waals surface area contributed by atoms with E-state index in [0.29, 0.717) is 53.7 Å². The molecule has 0 saturated heterocycles. The molecule has 1 aromatic heterocycles. The van der Waals surface area contributed by atoms with Crippen molar-refractivity contribution in [1.29, 1.82) is 0 Å². The summed E-state index contributed by atoms with van der Waals surface area (Å²) in [6.07, 6.45) is 5.59. The Bertz CT molecular complexity index is 1100. The van der Waals surface area contributed by atoms with Gasteiger partial charge in [-0.1, -0.05) is 29.3 Å². The van der Waals surface area contributed by atoms with E-state index in [-0.39, 0.29) is 30.2 Å². The summed E-state index contributed by atoms with van der Waals surface area (Å²) in [5, 5.41) is 0.870. The van der Waals surface area contributed by atoms with Crippen molar-refractivity contribution < 1.29 is 13.2 Å². The van der Waals surface area contributed by atoms with Crippen LogP contribution in [0.2, 0.25) is 0 Å². The maximum Gasteiger partial charge on any atom is 0.256 e. The molecule has 0 aromatic carbocycles. The molecule has 1 aliphatic heterocycles. The molecule has 2 heterocycles. The van der Waals surface area contributed by atoms with Crippen LogP contribution in [0.25, 0.3) is 0 Å². The van der Waals surface area contributed by atoms with Crippen molar-refractivity contribution in [3.63, 3.8) is 0 Å². The fourth-order valence-corrected chi connectivity index (χ4v) is 6.47. The van der Waals surface area contributed by atoms with Crippen LogP contribution in [-0.4, -0.2) is 53.9 Å². The van der Waals surface area contributed by atoms with E-state index >= 15 is 0 Å². The van der Waals surface area contributed by atoms with Crippen LogP contribution in [0.4, 0.5) is 0 Å². The topological polar surface area (TPSA) is 96.6 Å². The molecule has 0 spiro atoms. The van der Waals surface area contributed by atoms with Crippen molar-refractivity contribution in [3.05, 3.63) is 50.3 Å². The van der Waals surface area contributed by atoms with Crippen molar-refractivity contribution in [2.45, 2.75) is 50.4 Å². The highest BCUT2D eigenvalue weighted by atomic mass is 35.5. The summed E-state index contributed by atoms with van der Waals surface area (Å²) < 4.78 is 26.2. The number of carbonyl (C=O) groups excluding carboxylic acids is 1. The van der Waals surface area contributed by atoms with E-state index in [1.54, 1.807) is 18.0 Å². The second-order valence-corrected chi connectivity index (χ2v) is 11.5. The standard InChI is InChI=1S/C21H26Cl2N4O3S/c1-12-16(10-24)19(15-6-3-13(22)9-17(15)23)20-18(25-12)11-27(21(20)28)8-7-26(2)31(29,30)14-4-5-14/h3,9,14-15H,4-8,10-11,24H2,1-2H3. The van der Waals surface area contributed by atoms with Gasteiger partial charge in [-0.05, 0) is 43.4 Å². The minimum atomic E-state index is -3.28. The second-order valence-electron chi connectivity index (χ2n) is 8.31. The van der Waals surface area contributed by atoms with Gasteiger partial charge in [-0.15, -0.1) is 0 Å². The summed E-state index contributed by atoms with van der Waals surface area (Å²) in [6, 6.07) is 0. The van der Waals surface area contributed by atoms with Gasteiger partial charge in [-0.2, -0.15) is 0 Å². The Hall–Kier alpha value is -1.45. The molecule has 4 rings (SSSR count). The SMILES string of the molecule is Cc1nc2c(c(C3CC=C(Cl)C=C3Cl)c1CN)C(=O)N(CCN(C)S(=O)(=O)C1CC1)C2. The molecule has 1 saturated carbocycles. The first-order valence-corrected chi connectivity index (χ1v) is 12.6. The molecule has 10 heteroatoms. The average molecular weight is 485 g/mol. The van der Waals surface area contributed by atoms with Crippen LogP contribution < -0.4 is 5.73 Å². The van der Waals surface area contributed by atoms with Crippen LogP contribution in [0.1, 0.15) is 58.1 Å². The number of aryl methyl sites for hydroxylation is 1. The van der Waals surface area contributed by atoms with Crippen LogP contribution >= 0.6 is 23.2 Å². The fourth-order valence-electron chi connectivity index (χ4n) is 4.31. The first-order chi connectivity index (χ1) is 14.6. The van der Waals surface area contributed by atoms with Crippen LogP contribution in [0.3, 0.4) is 0 Å². The zero-order valence-electron chi connectivity index (χ0n) is 17.6. The molecule has 2 N–H and O–H groups in total. The van der Waals surface area contributed by atoms with E-state index < -0.39 is 10.0 Å². The molecule has 1 unspecified atom stereocenters. The van der Waals surface area contributed by atoms with Gasteiger partial charge < -0.3 is 10.6 Å². The Morgan fingerprint density at radius 2 is 2.03 bits per heavy atom. The van der Waals surface area contributed by atoms with E-state index in [1.165, 1.54) is 4.31 Å². The first-order valence-electron chi connectivity index (χ1n) is 10.3. The number of pyridine rings is 1. The van der Waals surface area contributed by atoms with Gasteiger partial charge in [0.2, 0.25) is 10.0 Å². The number of carbonyl (C=O) groups is 1. The van der Waals surface area contributed by atoms with Crippen LogP contribution in [0, 0.1) is 6.92 Å². The van der Waals surface area contributed by atoms with Gasteiger partial charge in [0.15, 0.2) is 0 Å². The summed E-state index contributed by atoms with van der Waals surface area (Å²) >= 11 is 12.7. The predicted molar refractivity (Wildman–Crippen MR) is 121 cm³/mol. The van der Waals surface area contributed by atoms with E-state index in [9.17, 15) is 13.2 Å². The van der Waals surface area contributed by atoms with Crippen LogP contribution in [-0.2, 0) is 23.1 Å². The summed E-state index contributed by atoms with van der Waals surface area (Å²) in [7, 11) is -1.70. The molecule has 31 heavy (non-hydrogen) atoms. The molecule has 1 amide bonds. The lowest BCUT2D eigenvalue weighted by Gasteiger charge is -2.25. The lowest BCUT2D eigenvalue weighted by molar-refractivity contribution is 0.0772. The molecule has 1 atom stereocenters. The van der Waals surface area contributed by atoms with Crippen molar-refractivity contribution in [3.8, 4) is 0 Å². The Morgan fingerprint density at radius 3 is 2.65 bits per heavy atom. The van der Waals surface area contributed by atoms with Crippen LogP contribution in [0.15, 0.2) is 22.2 Å². The molecule has 168 valence electrons. The molecule has 1 fully saturated rings. The monoisotopic (exact) mass is 484 g/mol. The Labute approximate surface area is 192 Å². The maximum atomic E-state index is 13.4. The molecule has 2 aliphatic carbocycles. The van der Waals surface area contributed by atoms with Crippen LogP contribution in [0.5, 0.6) is 0 Å². The Kier molecular flexibility index (Phi) is 6.22. The van der Waals surface area contributed by atoms with Crippen molar-refractivity contribution >= 4 is 39.1 Å². The minimum Gasteiger partial charge on any atom is -0.331 e. The Balaban J connectivity index is 1.62. The third kappa shape index (κ3) is 4.16. The number of fused-ring (bicyclic) bond motifs is 1. The number of nitrogens with zero attached hydrogens (tertiary/aromatic N) is 3. The van der Waals surface area contributed by atoms with E-state index in [2.05, 4.69) is 4.98 Å². The van der Waals surface area contributed by atoms with E-state index in [4.69, 9.17) is 28.9 Å². The second kappa shape index (κ2) is 8.48. The zero-order valence-corrected chi connectivity index (χ0v) is 19.9. The fraction of sp³-hybridized carbons (Fsp3) is 0.524. The molecule has 1 aromatic rings. The number of nitrogens with two attached hydrogens (primary N) is 1. The number of likely N-dealkylation sites (N-methyl/N-ethyl adjacent to an activating group) is 1.